The number of aliphatic carboxylic acids is 3. The molecule has 12 heteroatoms. The molecule has 0 bridgehead atoms. The summed E-state index contributed by atoms with van der Waals surface area (Å²) in [5.41, 5.74) is -2.09. The molecule has 2 aromatic rings. The number of likely N-dealkylation sites (N-methyl/N-ethyl adjacent to an activating group) is 1. The van der Waals surface area contributed by atoms with Crippen LogP contribution in [0.15, 0.2) is 54.3 Å². The molecular weight excluding hydrogens is 546 g/mol. The number of allylic oxidation sites excluding steroid dienone is 1. The summed E-state index contributed by atoms with van der Waals surface area (Å²) >= 11 is 6.12. The van der Waals surface area contributed by atoms with E-state index in [1.165, 1.54) is 6.92 Å². The van der Waals surface area contributed by atoms with Gasteiger partial charge in [-0.2, -0.15) is 0 Å². The fourth-order valence-electron chi connectivity index (χ4n) is 3.21. The number of ether oxygens (including phenoxy) is 2. The molecule has 0 aliphatic carbocycles. The monoisotopic (exact) mass is 576 g/mol. The number of Topliss-reactive ketones (excluding diaryl/α,β-unsaturated/α-hetero) is 1. The van der Waals surface area contributed by atoms with Gasteiger partial charge in [0.15, 0.2) is 23.0 Å². The predicted octanol–water partition coefficient (Wildman–Crippen LogP) is -0.183. The van der Waals surface area contributed by atoms with E-state index in [1.54, 1.807) is 24.3 Å². The van der Waals surface area contributed by atoms with E-state index in [2.05, 4.69) is 18.7 Å². The number of carboxylic acids is 3. The number of halogens is 1. The van der Waals surface area contributed by atoms with Crippen molar-refractivity contribution in [1.82, 2.24) is 4.90 Å². The smallest absolute Gasteiger partial charge is 0.194 e. The standard InChI is InChI=1S/C22H26ClNO3.C6H8O7/c1-4-24(5-2)13-14-26-20-12-11-19(23)16-22(20)27-21(17(3)25)15-18-9-7-6-8-10-18;7-3(8)1-6(13,5(11)12)2-4(9)10/h6-12,15-16H,4-5,13-14H2,1-3H3;13H,1-2H2,(H,7,8)(H,9,10)(H,11,12)/p-3/b21-15-;. The van der Waals surface area contributed by atoms with Crippen LogP contribution in [0.3, 0.4) is 0 Å². The van der Waals surface area contributed by atoms with Crippen molar-refractivity contribution in [1.29, 1.82) is 0 Å². The molecular formula is C28H31ClNO10-3. The largest absolute Gasteiger partial charge is 0.550 e. The number of ketones is 1. The highest BCUT2D eigenvalue weighted by Crippen LogP contribution is 2.32. The Labute approximate surface area is 237 Å². The molecule has 2 aromatic carbocycles. The quantitative estimate of drug-likeness (QED) is 0.219. The predicted molar refractivity (Wildman–Crippen MR) is 140 cm³/mol. The van der Waals surface area contributed by atoms with Crippen LogP contribution in [-0.4, -0.2) is 65.5 Å². The van der Waals surface area contributed by atoms with Crippen molar-refractivity contribution in [3.05, 3.63) is 64.9 Å². The van der Waals surface area contributed by atoms with Gasteiger partial charge >= 0.3 is 0 Å². The van der Waals surface area contributed by atoms with E-state index in [0.717, 1.165) is 25.2 Å². The zero-order chi connectivity index (χ0) is 30.3. The summed E-state index contributed by atoms with van der Waals surface area (Å²) in [7, 11) is 0. The highest BCUT2D eigenvalue weighted by atomic mass is 35.5. The lowest BCUT2D eigenvalue weighted by atomic mass is 9.96. The Balaban J connectivity index is 0.000000520. The summed E-state index contributed by atoms with van der Waals surface area (Å²) in [5.74, 6) is -4.93. The molecule has 1 N–H and O–H groups in total. The molecule has 0 amide bonds. The zero-order valence-corrected chi connectivity index (χ0v) is 23.1. The van der Waals surface area contributed by atoms with Crippen LogP contribution >= 0.6 is 11.6 Å². The van der Waals surface area contributed by atoms with Gasteiger partial charge in [0.2, 0.25) is 0 Å². The Morgan fingerprint density at radius 1 is 0.950 bits per heavy atom. The Morgan fingerprint density at radius 2 is 1.52 bits per heavy atom. The number of carbonyl (C=O) groups excluding carboxylic acids is 4. The van der Waals surface area contributed by atoms with Gasteiger partial charge in [0.1, 0.15) is 12.2 Å². The van der Waals surface area contributed by atoms with Crippen molar-refractivity contribution in [2.75, 3.05) is 26.2 Å². The normalized spacial score (nSPS) is 11.3. The third-order valence-electron chi connectivity index (χ3n) is 5.38. The molecule has 0 aromatic heterocycles. The van der Waals surface area contributed by atoms with Crippen LogP contribution < -0.4 is 24.8 Å². The molecule has 0 saturated carbocycles. The van der Waals surface area contributed by atoms with Crippen LogP contribution in [0.1, 0.15) is 39.2 Å². The van der Waals surface area contributed by atoms with Crippen molar-refractivity contribution in [3.8, 4) is 11.5 Å². The van der Waals surface area contributed by atoms with Crippen molar-refractivity contribution in [2.45, 2.75) is 39.2 Å². The first kappa shape index (κ1) is 34.1. The maximum Gasteiger partial charge on any atom is 0.194 e. The molecule has 0 fully saturated rings. The molecule has 0 heterocycles. The van der Waals surface area contributed by atoms with Gasteiger partial charge in [0, 0.05) is 49.3 Å². The van der Waals surface area contributed by atoms with Gasteiger partial charge in [-0.1, -0.05) is 55.8 Å². The van der Waals surface area contributed by atoms with E-state index in [-0.39, 0.29) is 11.5 Å². The molecule has 0 saturated heterocycles. The van der Waals surface area contributed by atoms with Crippen LogP contribution in [0.5, 0.6) is 11.5 Å². The minimum absolute atomic E-state index is 0.173. The third-order valence-corrected chi connectivity index (χ3v) is 5.62. The van der Waals surface area contributed by atoms with E-state index in [9.17, 15) is 34.5 Å². The molecule has 0 aliphatic heterocycles. The van der Waals surface area contributed by atoms with E-state index >= 15 is 0 Å². The molecule has 0 atom stereocenters. The van der Waals surface area contributed by atoms with E-state index in [4.69, 9.17) is 26.2 Å². The summed E-state index contributed by atoms with van der Waals surface area (Å²) in [6.07, 6.45) is -1.00. The van der Waals surface area contributed by atoms with Crippen molar-refractivity contribution in [3.63, 3.8) is 0 Å². The number of carboxylic acid groups (broad SMARTS) is 3. The molecule has 0 unspecified atom stereocenters. The molecule has 0 radical (unpaired) electrons. The van der Waals surface area contributed by atoms with E-state index in [0.29, 0.717) is 23.1 Å². The van der Waals surface area contributed by atoms with Gasteiger partial charge in [-0.3, -0.25) is 4.79 Å². The van der Waals surface area contributed by atoms with Gasteiger partial charge < -0.3 is 49.2 Å². The van der Waals surface area contributed by atoms with Gasteiger partial charge in [0.25, 0.3) is 0 Å². The number of hydrogen-bond donors (Lipinski definition) is 1. The molecule has 0 spiro atoms. The number of rotatable bonds is 15. The number of benzene rings is 2. The first-order valence-corrected chi connectivity index (χ1v) is 12.6. The fourth-order valence-corrected chi connectivity index (χ4v) is 3.37. The first-order valence-electron chi connectivity index (χ1n) is 12.2. The molecule has 0 aliphatic rings. The lowest BCUT2D eigenvalue weighted by molar-refractivity contribution is -0.339. The highest BCUT2D eigenvalue weighted by Gasteiger charge is 2.29. The Bertz CT molecular complexity index is 1160. The van der Waals surface area contributed by atoms with E-state index in [1.807, 2.05) is 30.3 Å². The first-order chi connectivity index (χ1) is 18.8. The number of hydrogen-bond acceptors (Lipinski definition) is 11. The van der Waals surface area contributed by atoms with Crippen molar-refractivity contribution in [2.24, 2.45) is 0 Å². The molecule has 40 heavy (non-hydrogen) atoms. The van der Waals surface area contributed by atoms with Crippen LogP contribution in [0, 0.1) is 0 Å². The average Bonchev–Trinajstić information content (AvgIpc) is 2.87. The lowest BCUT2D eigenvalue weighted by Crippen LogP contribution is -2.54. The second kappa shape index (κ2) is 16.9. The maximum atomic E-state index is 12.1. The van der Waals surface area contributed by atoms with Crippen LogP contribution in [0.2, 0.25) is 5.02 Å². The number of nitrogens with zero attached hydrogens (tertiary/aromatic N) is 1. The van der Waals surface area contributed by atoms with Gasteiger partial charge in [-0.25, -0.2) is 0 Å². The van der Waals surface area contributed by atoms with E-state index < -0.39 is 36.4 Å². The van der Waals surface area contributed by atoms with Gasteiger partial charge in [-0.15, -0.1) is 0 Å². The lowest BCUT2D eigenvalue weighted by Gasteiger charge is -2.29. The summed E-state index contributed by atoms with van der Waals surface area (Å²) in [5, 5.41) is 39.4. The maximum absolute atomic E-state index is 12.1. The number of aliphatic hydroxyl groups is 1. The Kier molecular flexibility index (Phi) is 14.4. The number of carbonyl (C=O) groups is 4. The zero-order valence-electron chi connectivity index (χ0n) is 22.4. The second-order valence-electron chi connectivity index (χ2n) is 8.46. The minimum atomic E-state index is -2.97. The summed E-state index contributed by atoms with van der Waals surface area (Å²) < 4.78 is 11.8. The van der Waals surface area contributed by atoms with Gasteiger partial charge in [-0.05, 0) is 36.9 Å². The van der Waals surface area contributed by atoms with Crippen molar-refractivity contribution < 1.29 is 49.1 Å². The van der Waals surface area contributed by atoms with Gasteiger partial charge in [0.05, 0.1) is 5.97 Å². The summed E-state index contributed by atoms with van der Waals surface area (Å²) in [6, 6.07) is 14.7. The van der Waals surface area contributed by atoms with Crippen LogP contribution in [-0.2, 0) is 19.2 Å². The molecule has 2 rings (SSSR count). The topological polar surface area (TPSA) is 179 Å². The highest BCUT2D eigenvalue weighted by molar-refractivity contribution is 6.30. The Hall–Kier alpha value is -3.93. The van der Waals surface area contributed by atoms with Crippen molar-refractivity contribution >= 4 is 41.4 Å². The van der Waals surface area contributed by atoms with Crippen LogP contribution in [0.25, 0.3) is 6.08 Å². The fraction of sp³-hybridized carbons (Fsp3) is 0.357. The minimum Gasteiger partial charge on any atom is -0.550 e. The average molecular weight is 577 g/mol. The molecule has 11 nitrogen and oxygen atoms in total. The SMILES string of the molecule is CCN(CC)CCOc1ccc(Cl)cc1O/C(=C\c1ccccc1)C(C)=O.O=C([O-])CC(O)(CC(=O)[O-])C(=O)[O-]. The second-order valence-corrected chi connectivity index (χ2v) is 8.90. The summed E-state index contributed by atoms with van der Waals surface area (Å²) in [4.78, 5) is 44.3. The van der Waals surface area contributed by atoms with Crippen LogP contribution in [0.4, 0.5) is 0 Å². The summed E-state index contributed by atoms with van der Waals surface area (Å²) in [6.45, 7) is 8.99. The molecule has 218 valence electrons. The third kappa shape index (κ3) is 12.3. The Morgan fingerprint density at radius 3 is 2.00 bits per heavy atom.